The van der Waals surface area contributed by atoms with Gasteiger partial charge in [0, 0.05) is 31.2 Å². The molecule has 1 unspecified atom stereocenters. The third-order valence-corrected chi connectivity index (χ3v) is 4.82. The number of fused-ring (bicyclic) bond motifs is 1. The van der Waals surface area contributed by atoms with Crippen molar-refractivity contribution < 1.29 is 9.53 Å². The molecule has 2 aromatic heterocycles. The number of rotatable bonds is 4. The fourth-order valence-electron chi connectivity index (χ4n) is 3.36. The van der Waals surface area contributed by atoms with Gasteiger partial charge in [-0.3, -0.25) is 9.78 Å². The molecule has 1 N–H and O–H groups in total. The molecule has 0 radical (unpaired) electrons. The molecule has 27 heavy (non-hydrogen) atoms. The topological polar surface area (TPSA) is 80.2 Å². The van der Waals surface area contributed by atoms with Gasteiger partial charge >= 0.3 is 0 Å². The molecule has 1 atom stereocenters. The van der Waals surface area contributed by atoms with E-state index in [9.17, 15) is 4.79 Å². The third kappa shape index (κ3) is 3.81. The molecule has 0 aliphatic carbocycles. The summed E-state index contributed by atoms with van der Waals surface area (Å²) < 4.78 is 5.15. The molecule has 1 amide bonds. The van der Waals surface area contributed by atoms with Crippen LogP contribution in [0.5, 0.6) is 5.75 Å². The normalized spacial score (nSPS) is 16.9. The van der Waals surface area contributed by atoms with Crippen molar-refractivity contribution in [2.45, 2.75) is 12.8 Å². The highest BCUT2D eigenvalue weighted by molar-refractivity contribution is 5.93. The van der Waals surface area contributed by atoms with E-state index in [-0.39, 0.29) is 11.8 Å². The Labute approximate surface area is 157 Å². The summed E-state index contributed by atoms with van der Waals surface area (Å²) in [5.41, 5.74) is 3.15. The first-order valence-electron chi connectivity index (χ1n) is 8.99. The monoisotopic (exact) mass is 363 g/mol. The molecule has 0 spiro atoms. The second-order valence-electron chi connectivity index (χ2n) is 6.60. The van der Waals surface area contributed by atoms with Gasteiger partial charge in [0.25, 0.3) is 0 Å². The number of anilines is 2. The Hall–Kier alpha value is -3.22. The van der Waals surface area contributed by atoms with Crippen LogP contribution >= 0.6 is 0 Å². The number of benzene rings is 1. The Morgan fingerprint density at radius 1 is 1.19 bits per heavy atom. The van der Waals surface area contributed by atoms with Gasteiger partial charge in [0.05, 0.1) is 24.9 Å². The molecule has 7 heteroatoms. The zero-order valence-electron chi connectivity index (χ0n) is 15.1. The van der Waals surface area contributed by atoms with Crippen LogP contribution in [0, 0.1) is 5.92 Å². The number of aromatic nitrogens is 3. The predicted molar refractivity (Wildman–Crippen MR) is 104 cm³/mol. The SMILES string of the molecule is COc1ccc(NC(=O)C2CCCN(c3cnc4nccnc4c3)C2)cc1. The Bertz CT molecular complexity index is 945. The van der Waals surface area contributed by atoms with Crippen LogP contribution in [0.2, 0.25) is 0 Å². The second-order valence-corrected chi connectivity index (χ2v) is 6.60. The van der Waals surface area contributed by atoms with E-state index in [1.54, 1.807) is 25.7 Å². The van der Waals surface area contributed by atoms with E-state index < -0.39 is 0 Å². The van der Waals surface area contributed by atoms with Crippen LogP contribution in [-0.2, 0) is 4.79 Å². The molecular formula is C20H21N5O2. The number of amides is 1. The lowest BCUT2D eigenvalue weighted by atomic mass is 9.96. The molecule has 1 aromatic carbocycles. The lowest BCUT2D eigenvalue weighted by Gasteiger charge is -2.33. The van der Waals surface area contributed by atoms with Gasteiger partial charge in [-0.25, -0.2) is 9.97 Å². The molecule has 4 rings (SSSR count). The zero-order valence-corrected chi connectivity index (χ0v) is 15.1. The highest BCUT2D eigenvalue weighted by atomic mass is 16.5. The molecule has 7 nitrogen and oxygen atoms in total. The van der Waals surface area contributed by atoms with E-state index in [4.69, 9.17) is 4.74 Å². The summed E-state index contributed by atoms with van der Waals surface area (Å²) in [6.45, 7) is 1.56. The zero-order chi connectivity index (χ0) is 18.6. The first kappa shape index (κ1) is 17.2. The van der Waals surface area contributed by atoms with Gasteiger partial charge in [-0.2, -0.15) is 0 Å². The summed E-state index contributed by atoms with van der Waals surface area (Å²) >= 11 is 0. The number of hydrogen-bond acceptors (Lipinski definition) is 6. The van der Waals surface area contributed by atoms with Gasteiger partial charge < -0.3 is 15.0 Å². The van der Waals surface area contributed by atoms with Crippen LogP contribution in [0.15, 0.2) is 48.9 Å². The summed E-state index contributed by atoms with van der Waals surface area (Å²) in [6, 6.07) is 9.36. The van der Waals surface area contributed by atoms with Crippen molar-refractivity contribution in [3.8, 4) is 5.75 Å². The van der Waals surface area contributed by atoms with E-state index >= 15 is 0 Å². The van der Waals surface area contributed by atoms with Crippen molar-refractivity contribution in [2.75, 3.05) is 30.4 Å². The highest BCUT2D eigenvalue weighted by Crippen LogP contribution is 2.25. The lowest BCUT2D eigenvalue weighted by Crippen LogP contribution is -2.40. The number of carbonyl (C=O) groups excluding carboxylic acids is 1. The van der Waals surface area contributed by atoms with E-state index in [1.165, 1.54) is 0 Å². The molecule has 0 saturated carbocycles. The Morgan fingerprint density at radius 2 is 2.00 bits per heavy atom. The van der Waals surface area contributed by atoms with Crippen molar-refractivity contribution in [1.82, 2.24) is 15.0 Å². The average Bonchev–Trinajstić information content (AvgIpc) is 2.74. The molecule has 1 saturated heterocycles. The molecule has 1 aliphatic heterocycles. The quantitative estimate of drug-likeness (QED) is 0.768. The maximum atomic E-state index is 12.7. The number of piperidine rings is 1. The number of nitrogens with one attached hydrogen (secondary N) is 1. The minimum absolute atomic E-state index is 0.0402. The van der Waals surface area contributed by atoms with Crippen LogP contribution in [0.3, 0.4) is 0 Å². The molecule has 3 aromatic rings. The van der Waals surface area contributed by atoms with Crippen molar-refractivity contribution >= 4 is 28.4 Å². The number of methoxy groups -OCH3 is 1. The predicted octanol–water partition coefficient (Wildman–Crippen LogP) is 2.89. The Balaban J connectivity index is 1.45. The maximum absolute atomic E-state index is 12.7. The fraction of sp³-hybridized carbons (Fsp3) is 0.300. The van der Waals surface area contributed by atoms with E-state index in [2.05, 4.69) is 25.2 Å². The van der Waals surface area contributed by atoms with Crippen molar-refractivity contribution in [1.29, 1.82) is 0 Å². The molecular weight excluding hydrogens is 342 g/mol. The molecule has 3 heterocycles. The maximum Gasteiger partial charge on any atom is 0.229 e. The first-order chi connectivity index (χ1) is 13.2. The van der Waals surface area contributed by atoms with Gasteiger partial charge in [0.15, 0.2) is 5.65 Å². The van der Waals surface area contributed by atoms with Gasteiger partial charge in [-0.15, -0.1) is 0 Å². The fourth-order valence-corrected chi connectivity index (χ4v) is 3.36. The summed E-state index contributed by atoms with van der Waals surface area (Å²) in [5, 5.41) is 3.01. The van der Waals surface area contributed by atoms with Crippen LogP contribution in [0.25, 0.3) is 11.2 Å². The van der Waals surface area contributed by atoms with E-state index in [0.717, 1.165) is 42.0 Å². The molecule has 0 bridgehead atoms. The van der Waals surface area contributed by atoms with Gasteiger partial charge in [-0.1, -0.05) is 0 Å². The minimum Gasteiger partial charge on any atom is -0.497 e. The number of ether oxygens (including phenoxy) is 1. The summed E-state index contributed by atoms with van der Waals surface area (Å²) in [6.07, 6.45) is 6.93. The van der Waals surface area contributed by atoms with Crippen LogP contribution in [0.4, 0.5) is 11.4 Å². The first-order valence-corrected chi connectivity index (χ1v) is 8.99. The standard InChI is InChI=1S/C20H21N5O2/c1-27-17-6-4-15(5-7-17)24-20(26)14-3-2-10-25(13-14)16-11-18-19(23-12-16)22-9-8-21-18/h4-9,11-12,14H,2-3,10,13H2,1H3,(H,24,26). The van der Waals surface area contributed by atoms with Crippen molar-refractivity contribution in [3.63, 3.8) is 0 Å². The minimum atomic E-state index is -0.0709. The molecule has 138 valence electrons. The van der Waals surface area contributed by atoms with Crippen LogP contribution in [0.1, 0.15) is 12.8 Å². The number of hydrogen-bond donors (Lipinski definition) is 1. The second kappa shape index (κ2) is 7.57. The van der Waals surface area contributed by atoms with E-state index in [1.807, 2.05) is 30.3 Å². The largest absolute Gasteiger partial charge is 0.497 e. The molecule has 1 aliphatic rings. The highest BCUT2D eigenvalue weighted by Gasteiger charge is 2.26. The molecule has 1 fully saturated rings. The van der Waals surface area contributed by atoms with Gasteiger partial charge in [-0.05, 0) is 43.2 Å². The van der Waals surface area contributed by atoms with Crippen LogP contribution in [-0.4, -0.2) is 41.1 Å². The van der Waals surface area contributed by atoms with Crippen molar-refractivity contribution in [3.05, 3.63) is 48.9 Å². The Kier molecular flexibility index (Phi) is 4.82. The van der Waals surface area contributed by atoms with Crippen LogP contribution < -0.4 is 15.0 Å². The number of pyridine rings is 1. The average molecular weight is 363 g/mol. The van der Waals surface area contributed by atoms with Crippen molar-refractivity contribution in [2.24, 2.45) is 5.92 Å². The number of carbonyl (C=O) groups is 1. The Morgan fingerprint density at radius 3 is 2.81 bits per heavy atom. The van der Waals surface area contributed by atoms with Gasteiger partial charge in [0.1, 0.15) is 11.3 Å². The third-order valence-electron chi connectivity index (χ3n) is 4.82. The summed E-state index contributed by atoms with van der Waals surface area (Å²) in [4.78, 5) is 27.8. The van der Waals surface area contributed by atoms with E-state index in [0.29, 0.717) is 12.2 Å². The lowest BCUT2D eigenvalue weighted by molar-refractivity contribution is -0.120. The smallest absolute Gasteiger partial charge is 0.229 e. The van der Waals surface area contributed by atoms with Gasteiger partial charge in [0.2, 0.25) is 5.91 Å². The summed E-state index contributed by atoms with van der Waals surface area (Å²) in [7, 11) is 1.62. The number of nitrogens with zero attached hydrogens (tertiary/aromatic N) is 4. The summed E-state index contributed by atoms with van der Waals surface area (Å²) in [5.74, 6) is 0.737.